The zero-order valence-corrected chi connectivity index (χ0v) is 21.7. The van der Waals surface area contributed by atoms with Crippen molar-refractivity contribution in [1.82, 2.24) is 0 Å². The van der Waals surface area contributed by atoms with Gasteiger partial charge < -0.3 is 39.2 Å². The zero-order valence-electron chi connectivity index (χ0n) is 17.2. The lowest BCUT2D eigenvalue weighted by Gasteiger charge is -2.23. The summed E-state index contributed by atoms with van der Waals surface area (Å²) in [6, 6.07) is 0. The first-order valence-electron chi connectivity index (χ1n) is 8.59. The second-order valence-electron chi connectivity index (χ2n) is 6.20. The third-order valence-electron chi connectivity index (χ3n) is 3.37. The second-order valence-corrected chi connectivity index (χ2v) is 13.3. The minimum Gasteiger partial charge on any atom is -0.388 e. The Morgan fingerprint density at radius 2 is 1.43 bits per heavy atom. The maximum Gasteiger partial charge on any atom is 0.508 e. The first-order valence-corrected chi connectivity index (χ1v) is 16.1. The first-order chi connectivity index (χ1) is 15.7. The molecular weight excluding hydrogens is 595 g/mol. The van der Waals surface area contributed by atoms with Crippen LogP contribution >= 0.6 is 39.1 Å². The van der Waals surface area contributed by atoms with Crippen molar-refractivity contribution in [2.45, 2.75) is 37.8 Å². The largest absolute Gasteiger partial charge is 0.508 e. The Balaban J connectivity index is 2.73. The second kappa shape index (κ2) is 12.8. The monoisotopic (exact) mass is 616 g/mol. The number of terminal acetylenes is 1. The zero-order chi connectivity index (χ0) is 27.3. The summed E-state index contributed by atoms with van der Waals surface area (Å²) in [6.07, 6.45) is -0.872. The van der Waals surface area contributed by atoms with Crippen molar-refractivity contribution in [2.24, 2.45) is 0 Å². The minimum atomic E-state index is -5.93. The molecule has 0 radical (unpaired) electrons. The Bertz CT molecular complexity index is 999. The standard InChI is InChI=1S/C10H21O20P5/c1-3-4-5-23-32(15,16)26-10-8(25-7(2)9(10)11)6-24-33(17,18)27-28-34(19,20)30-35(21,22)29-31(12,13)14/h1,7-11H,4-6H2,2H3,(H,15,16)(H,17,18)(H,19,20)(H,21,22)(H2,12,13,14)/t7-,8+,9?,10-/m0/s1. The third-order valence-corrected chi connectivity index (χ3v) is 8.83. The van der Waals surface area contributed by atoms with Gasteiger partial charge in [0.05, 0.1) is 19.3 Å². The number of hydrogen-bond acceptors (Lipinski definition) is 14. The highest BCUT2D eigenvalue weighted by molar-refractivity contribution is 7.66. The van der Waals surface area contributed by atoms with Gasteiger partial charge in [0.25, 0.3) is 0 Å². The van der Waals surface area contributed by atoms with Crippen LogP contribution < -0.4 is 0 Å². The molecule has 1 rings (SSSR count). The number of ether oxygens (including phenoxy) is 1. The summed E-state index contributed by atoms with van der Waals surface area (Å²) in [6.45, 7) is -0.123. The Kier molecular flexibility index (Phi) is 12.1. The molecule has 1 aliphatic rings. The molecule has 0 amide bonds. The Morgan fingerprint density at radius 3 is 1.97 bits per heavy atom. The third kappa shape index (κ3) is 13.0. The van der Waals surface area contributed by atoms with E-state index in [2.05, 4.69) is 32.9 Å². The highest BCUT2D eigenvalue weighted by Gasteiger charge is 2.48. The molecule has 206 valence electrons. The molecule has 1 aliphatic heterocycles. The van der Waals surface area contributed by atoms with Crippen molar-refractivity contribution >= 4 is 39.1 Å². The van der Waals surface area contributed by atoms with Crippen molar-refractivity contribution < 1.29 is 93.6 Å². The van der Waals surface area contributed by atoms with Gasteiger partial charge in [0.2, 0.25) is 0 Å². The lowest BCUT2D eigenvalue weighted by atomic mass is 10.1. The van der Waals surface area contributed by atoms with Gasteiger partial charge in [-0.3, -0.25) is 13.6 Å². The van der Waals surface area contributed by atoms with E-state index in [1.54, 1.807) is 0 Å². The van der Waals surface area contributed by atoms with Gasteiger partial charge in [-0.15, -0.1) is 21.7 Å². The molecule has 0 spiro atoms. The number of aliphatic hydroxyl groups is 1. The number of hydrogen-bond donors (Lipinski definition) is 7. The maximum absolute atomic E-state index is 12.0. The fourth-order valence-corrected chi connectivity index (χ4v) is 6.77. The normalized spacial score (nSPS) is 29.9. The minimum absolute atomic E-state index is 0.0544. The van der Waals surface area contributed by atoms with Crippen LogP contribution in [0.4, 0.5) is 0 Å². The van der Waals surface area contributed by atoms with E-state index in [0.717, 1.165) is 0 Å². The molecule has 35 heavy (non-hydrogen) atoms. The molecule has 5 unspecified atom stereocenters. The molecule has 7 N–H and O–H groups in total. The first kappa shape index (κ1) is 33.1. The van der Waals surface area contributed by atoms with Gasteiger partial charge in [0.1, 0.15) is 18.3 Å². The molecule has 0 aliphatic carbocycles. The summed E-state index contributed by atoms with van der Waals surface area (Å²) in [5.74, 6) is 2.13. The molecular formula is C10H21O20P5. The Morgan fingerprint density at radius 1 is 0.857 bits per heavy atom. The molecule has 0 aromatic heterocycles. The van der Waals surface area contributed by atoms with Crippen LogP contribution in [0.3, 0.4) is 0 Å². The number of rotatable bonds is 15. The van der Waals surface area contributed by atoms with Crippen LogP contribution in [0.5, 0.6) is 0 Å². The van der Waals surface area contributed by atoms with Crippen molar-refractivity contribution in [3.8, 4) is 12.3 Å². The van der Waals surface area contributed by atoms with E-state index in [1.807, 2.05) is 0 Å². The molecule has 1 saturated heterocycles. The average molecular weight is 616 g/mol. The van der Waals surface area contributed by atoms with Crippen LogP contribution in [0.25, 0.3) is 0 Å². The van der Waals surface area contributed by atoms with Crippen LogP contribution in [0.1, 0.15) is 13.3 Å². The van der Waals surface area contributed by atoms with Crippen molar-refractivity contribution in [3.05, 3.63) is 0 Å². The molecule has 0 aromatic rings. The summed E-state index contributed by atoms with van der Waals surface area (Å²) in [5, 5.41) is 10.1. The summed E-state index contributed by atoms with van der Waals surface area (Å²) in [4.78, 5) is 54.2. The SMILES string of the molecule is C#CCCOP(=O)(O)O[C@@H]1C(O)[C@H](C)O[C@@H]1COP(=O)(O)OOP(=O)(O)OP(=O)(O)OP(=O)(O)O. The van der Waals surface area contributed by atoms with E-state index in [1.165, 1.54) is 6.92 Å². The smallest absolute Gasteiger partial charge is 0.388 e. The highest BCUT2D eigenvalue weighted by atomic mass is 31.3. The summed E-state index contributed by atoms with van der Waals surface area (Å²) in [7, 11) is -27.8. The van der Waals surface area contributed by atoms with Gasteiger partial charge in [-0.2, -0.15) is 8.62 Å². The molecule has 0 saturated carbocycles. The van der Waals surface area contributed by atoms with Crippen LogP contribution in [0, 0.1) is 12.3 Å². The molecule has 25 heteroatoms. The quantitative estimate of drug-likeness (QED) is 0.0420. The van der Waals surface area contributed by atoms with Gasteiger partial charge in [-0.1, -0.05) is 0 Å². The van der Waals surface area contributed by atoms with E-state index >= 15 is 0 Å². The molecule has 1 fully saturated rings. The molecule has 1 heterocycles. The summed E-state index contributed by atoms with van der Waals surface area (Å²) < 4.78 is 89.8. The fraction of sp³-hybridized carbons (Fsp3) is 0.800. The van der Waals surface area contributed by atoms with Crippen LogP contribution in [-0.4, -0.2) is 72.1 Å². The van der Waals surface area contributed by atoms with Gasteiger partial charge in [-0.25, -0.2) is 22.8 Å². The Labute approximate surface area is 196 Å². The maximum atomic E-state index is 12.0. The lowest BCUT2D eigenvalue weighted by Crippen LogP contribution is -2.36. The topological polar surface area (TPSA) is 301 Å². The summed E-state index contributed by atoms with van der Waals surface area (Å²) >= 11 is 0. The van der Waals surface area contributed by atoms with E-state index in [9.17, 15) is 42.6 Å². The number of phosphoric acid groups is 5. The number of aliphatic hydroxyl groups excluding tert-OH is 1. The van der Waals surface area contributed by atoms with Crippen LogP contribution in [0.15, 0.2) is 0 Å². The predicted molar refractivity (Wildman–Crippen MR) is 106 cm³/mol. The van der Waals surface area contributed by atoms with Gasteiger partial charge in [0, 0.05) is 6.42 Å². The highest BCUT2D eigenvalue weighted by Crippen LogP contribution is 2.67. The molecule has 20 nitrogen and oxygen atoms in total. The lowest BCUT2D eigenvalue weighted by molar-refractivity contribution is -0.149. The fourth-order valence-electron chi connectivity index (χ4n) is 2.16. The van der Waals surface area contributed by atoms with Gasteiger partial charge >= 0.3 is 39.1 Å². The van der Waals surface area contributed by atoms with Crippen molar-refractivity contribution in [2.75, 3.05) is 13.2 Å². The van der Waals surface area contributed by atoms with Crippen molar-refractivity contribution in [3.63, 3.8) is 0 Å². The van der Waals surface area contributed by atoms with Gasteiger partial charge in [-0.05, 0) is 6.92 Å². The van der Waals surface area contributed by atoms with Crippen molar-refractivity contribution in [1.29, 1.82) is 0 Å². The van der Waals surface area contributed by atoms with E-state index < -0.39 is 70.1 Å². The van der Waals surface area contributed by atoms with E-state index in [4.69, 9.17) is 30.4 Å². The molecule has 8 atom stereocenters. The van der Waals surface area contributed by atoms with Crippen LogP contribution in [-0.2, 0) is 59.1 Å². The predicted octanol–water partition coefficient (Wildman–Crippen LogP) is 0.0520. The molecule has 0 bridgehead atoms. The molecule has 0 aromatic carbocycles. The van der Waals surface area contributed by atoms with Crippen LogP contribution in [0.2, 0.25) is 0 Å². The number of phosphoric ester groups is 2. The van der Waals surface area contributed by atoms with E-state index in [0.29, 0.717) is 0 Å². The van der Waals surface area contributed by atoms with Gasteiger partial charge in [0.15, 0.2) is 0 Å². The average Bonchev–Trinajstić information content (AvgIpc) is 2.90. The van der Waals surface area contributed by atoms with E-state index in [-0.39, 0.29) is 13.0 Å². The summed E-state index contributed by atoms with van der Waals surface area (Å²) in [5.41, 5.74) is 0. The Hall–Kier alpha value is 0.110.